The SMILES string of the molecule is CC[C@H](O)c1ccc(Sc2ccc(OC)cc2)cn1. The summed E-state index contributed by atoms with van der Waals surface area (Å²) in [6, 6.07) is 11.8. The van der Waals surface area contributed by atoms with Gasteiger partial charge in [-0.3, -0.25) is 4.98 Å². The smallest absolute Gasteiger partial charge is 0.118 e. The lowest BCUT2D eigenvalue weighted by Gasteiger charge is -2.08. The van der Waals surface area contributed by atoms with Gasteiger partial charge < -0.3 is 9.84 Å². The second-order valence-electron chi connectivity index (χ2n) is 4.12. The quantitative estimate of drug-likeness (QED) is 0.903. The number of pyridine rings is 1. The number of methoxy groups -OCH3 is 1. The Bertz CT molecular complexity index is 511. The second kappa shape index (κ2) is 6.59. The van der Waals surface area contributed by atoms with Gasteiger partial charge in [-0.15, -0.1) is 0 Å². The number of aliphatic hydroxyl groups is 1. The van der Waals surface area contributed by atoms with E-state index in [1.807, 2.05) is 43.3 Å². The molecule has 0 fully saturated rings. The molecule has 1 aromatic carbocycles. The average molecular weight is 275 g/mol. The van der Waals surface area contributed by atoms with Gasteiger partial charge in [0.2, 0.25) is 0 Å². The van der Waals surface area contributed by atoms with Gasteiger partial charge in [-0.2, -0.15) is 0 Å². The van der Waals surface area contributed by atoms with E-state index in [2.05, 4.69) is 4.98 Å². The number of nitrogens with zero attached hydrogens (tertiary/aromatic N) is 1. The predicted molar refractivity (Wildman–Crippen MR) is 76.6 cm³/mol. The molecule has 1 aromatic heterocycles. The molecule has 0 amide bonds. The third-order valence-corrected chi connectivity index (χ3v) is 3.77. The van der Waals surface area contributed by atoms with Crippen LogP contribution in [0, 0.1) is 0 Å². The molecule has 2 rings (SSSR count). The zero-order valence-corrected chi connectivity index (χ0v) is 11.9. The van der Waals surface area contributed by atoms with Crippen molar-refractivity contribution >= 4 is 11.8 Å². The van der Waals surface area contributed by atoms with Crippen molar-refractivity contribution in [1.29, 1.82) is 0 Å². The molecule has 0 saturated carbocycles. The van der Waals surface area contributed by atoms with Gasteiger partial charge in [0, 0.05) is 16.0 Å². The molecule has 4 heteroatoms. The van der Waals surface area contributed by atoms with Gasteiger partial charge in [0.1, 0.15) is 5.75 Å². The minimum atomic E-state index is -0.472. The molecule has 0 unspecified atom stereocenters. The van der Waals surface area contributed by atoms with Crippen LogP contribution in [0.3, 0.4) is 0 Å². The fourth-order valence-corrected chi connectivity index (χ4v) is 2.42. The molecule has 1 heterocycles. The monoisotopic (exact) mass is 275 g/mol. The van der Waals surface area contributed by atoms with Crippen molar-refractivity contribution in [2.24, 2.45) is 0 Å². The molecule has 0 saturated heterocycles. The maximum atomic E-state index is 9.68. The lowest BCUT2D eigenvalue weighted by atomic mass is 10.2. The summed E-state index contributed by atoms with van der Waals surface area (Å²) in [4.78, 5) is 6.47. The van der Waals surface area contributed by atoms with Crippen LogP contribution in [0.2, 0.25) is 0 Å². The van der Waals surface area contributed by atoms with E-state index >= 15 is 0 Å². The molecule has 1 atom stereocenters. The largest absolute Gasteiger partial charge is 0.497 e. The zero-order valence-electron chi connectivity index (χ0n) is 11.0. The summed E-state index contributed by atoms with van der Waals surface area (Å²) < 4.78 is 5.12. The standard InChI is InChI=1S/C15H17NO2S/c1-3-15(17)14-9-8-13(10-16-14)19-12-6-4-11(18-2)5-7-12/h4-10,15,17H,3H2,1-2H3/t15-/m0/s1. The normalized spacial score (nSPS) is 12.2. The molecule has 0 bridgehead atoms. The summed E-state index contributed by atoms with van der Waals surface area (Å²) in [7, 11) is 1.66. The van der Waals surface area contributed by atoms with E-state index < -0.39 is 6.10 Å². The Labute approximate surface area is 117 Å². The highest BCUT2D eigenvalue weighted by Gasteiger charge is 2.06. The molecule has 0 aliphatic rings. The van der Waals surface area contributed by atoms with Crippen LogP contribution in [0.15, 0.2) is 52.4 Å². The van der Waals surface area contributed by atoms with E-state index in [0.717, 1.165) is 21.2 Å². The third-order valence-electron chi connectivity index (χ3n) is 2.78. The molecular weight excluding hydrogens is 258 g/mol. The van der Waals surface area contributed by atoms with E-state index in [-0.39, 0.29) is 0 Å². The summed E-state index contributed by atoms with van der Waals surface area (Å²) in [5, 5.41) is 9.68. The van der Waals surface area contributed by atoms with Crippen molar-refractivity contribution in [2.45, 2.75) is 29.2 Å². The van der Waals surface area contributed by atoms with Crippen LogP contribution in [0.5, 0.6) is 5.75 Å². The first-order valence-corrected chi connectivity index (χ1v) is 7.00. The van der Waals surface area contributed by atoms with Gasteiger partial charge in [-0.05, 0) is 42.8 Å². The minimum absolute atomic E-state index is 0.472. The summed E-state index contributed by atoms with van der Waals surface area (Å²) in [5.41, 5.74) is 0.724. The maximum absolute atomic E-state index is 9.68. The Morgan fingerprint density at radius 3 is 2.37 bits per heavy atom. The van der Waals surface area contributed by atoms with Crippen molar-refractivity contribution < 1.29 is 9.84 Å². The Hall–Kier alpha value is -1.52. The number of aliphatic hydroxyl groups excluding tert-OH is 1. The van der Waals surface area contributed by atoms with Gasteiger partial charge in [0.15, 0.2) is 0 Å². The van der Waals surface area contributed by atoms with Crippen molar-refractivity contribution in [1.82, 2.24) is 4.98 Å². The van der Waals surface area contributed by atoms with Gasteiger partial charge in [0.25, 0.3) is 0 Å². The first-order chi connectivity index (χ1) is 9.22. The molecule has 3 nitrogen and oxygen atoms in total. The Balaban J connectivity index is 2.06. The summed E-state index contributed by atoms with van der Waals surface area (Å²) in [6.45, 7) is 1.94. The van der Waals surface area contributed by atoms with Crippen molar-refractivity contribution in [3.05, 3.63) is 48.3 Å². The van der Waals surface area contributed by atoms with Crippen LogP contribution in [0.4, 0.5) is 0 Å². The highest BCUT2D eigenvalue weighted by molar-refractivity contribution is 7.99. The topological polar surface area (TPSA) is 42.4 Å². The molecule has 19 heavy (non-hydrogen) atoms. The molecule has 0 spiro atoms. The molecule has 100 valence electrons. The van der Waals surface area contributed by atoms with Crippen LogP contribution in [0.1, 0.15) is 25.1 Å². The number of ether oxygens (including phenoxy) is 1. The van der Waals surface area contributed by atoms with Gasteiger partial charge >= 0.3 is 0 Å². The molecule has 0 radical (unpaired) electrons. The minimum Gasteiger partial charge on any atom is -0.497 e. The van der Waals surface area contributed by atoms with E-state index in [9.17, 15) is 5.11 Å². The highest BCUT2D eigenvalue weighted by Crippen LogP contribution is 2.29. The fraction of sp³-hybridized carbons (Fsp3) is 0.267. The lowest BCUT2D eigenvalue weighted by Crippen LogP contribution is -1.97. The number of rotatable bonds is 5. The number of benzene rings is 1. The first kappa shape index (κ1) is 13.9. The van der Waals surface area contributed by atoms with Crippen LogP contribution >= 0.6 is 11.8 Å². The van der Waals surface area contributed by atoms with Crippen molar-refractivity contribution in [2.75, 3.05) is 7.11 Å². The predicted octanol–water partition coefficient (Wildman–Crippen LogP) is 3.68. The summed E-state index contributed by atoms with van der Waals surface area (Å²) >= 11 is 1.64. The number of aromatic nitrogens is 1. The Morgan fingerprint density at radius 1 is 1.16 bits per heavy atom. The van der Waals surface area contributed by atoms with Gasteiger partial charge in [0.05, 0.1) is 18.9 Å². The summed E-state index contributed by atoms with van der Waals surface area (Å²) in [6.07, 6.45) is 2.00. The first-order valence-electron chi connectivity index (χ1n) is 6.19. The van der Waals surface area contributed by atoms with Crippen LogP contribution in [-0.2, 0) is 0 Å². The third kappa shape index (κ3) is 3.72. The average Bonchev–Trinajstić information content (AvgIpc) is 2.48. The van der Waals surface area contributed by atoms with Gasteiger partial charge in [-0.1, -0.05) is 18.7 Å². The van der Waals surface area contributed by atoms with Gasteiger partial charge in [-0.25, -0.2) is 0 Å². The van der Waals surface area contributed by atoms with E-state index in [1.165, 1.54) is 0 Å². The second-order valence-corrected chi connectivity index (χ2v) is 5.27. The molecule has 1 N–H and O–H groups in total. The fourth-order valence-electron chi connectivity index (χ4n) is 1.64. The molecular formula is C15H17NO2S. The van der Waals surface area contributed by atoms with Crippen LogP contribution in [0.25, 0.3) is 0 Å². The van der Waals surface area contributed by atoms with Crippen LogP contribution < -0.4 is 4.74 Å². The number of hydrogen-bond acceptors (Lipinski definition) is 4. The summed E-state index contributed by atoms with van der Waals surface area (Å²) in [5.74, 6) is 0.851. The van der Waals surface area contributed by atoms with E-state index in [4.69, 9.17) is 4.74 Å². The highest BCUT2D eigenvalue weighted by atomic mass is 32.2. The van der Waals surface area contributed by atoms with Crippen molar-refractivity contribution in [3.8, 4) is 5.75 Å². The molecule has 2 aromatic rings. The number of hydrogen-bond donors (Lipinski definition) is 1. The Kier molecular flexibility index (Phi) is 4.82. The Morgan fingerprint density at radius 2 is 1.84 bits per heavy atom. The van der Waals surface area contributed by atoms with Crippen molar-refractivity contribution in [3.63, 3.8) is 0 Å². The lowest BCUT2D eigenvalue weighted by molar-refractivity contribution is 0.169. The molecule has 0 aliphatic heterocycles. The maximum Gasteiger partial charge on any atom is 0.118 e. The van der Waals surface area contributed by atoms with E-state index in [0.29, 0.717) is 6.42 Å². The zero-order chi connectivity index (χ0) is 13.7. The van der Waals surface area contributed by atoms with Crippen LogP contribution in [-0.4, -0.2) is 17.2 Å². The van der Waals surface area contributed by atoms with E-state index in [1.54, 1.807) is 25.1 Å². The molecule has 0 aliphatic carbocycles.